The molecule has 1 aliphatic heterocycles. The van der Waals surface area contributed by atoms with E-state index in [0.29, 0.717) is 24.4 Å². The highest BCUT2D eigenvalue weighted by Crippen LogP contribution is 2.13. The molecule has 1 N–H and O–H groups in total. The Kier molecular flexibility index (Phi) is 4.83. The Bertz CT molecular complexity index is 816. The number of benzene rings is 1. The van der Waals surface area contributed by atoms with E-state index in [0.717, 1.165) is 11.1 Å². The molecule has 7 heteroatoms. The van der Waals surface area contributed by atoms with Crippen LogP contribution in [0.25, 0.3) is 0 Å². The maximum atomic E-state index is 12.9. The number of hydrogen-bond acceptors (Lipinski definition) is 4. The zero-order valence-electron chi connectivity index (χ0n) is 13.7. The van der Waals surface area contributed by atoms with Gasteiger partial charge in [-0.2, -0.15) is 5.10 Å². The first-order valence-corrected chi connectivity index (χ1v) is 7.86. The minimum atomic E-state index is -0.363. The fourth-order valence-corrected chi connectivity index (χ4v) is 2.46. The molecule has 1 aromatic heterocycles. The summed E-state index contributed by atoms with van der Waals surface area (Å²) < 4.78 is 12.9. The number of aromatic nitrogens is 1. The van der Waals surface area contributed by atoms with Gasteiger partial charge in [-0.25, -0.2) is 14.4 Å². The van der Waals surface area contributed by atoms with Crippen LogP contribution in [0.3, 0.4) is 0 Å². The van der Waals surface area contributed by atoms with Gasteiger partial charge in [-0.1, -0.05) is 18.2 Å². The Balaban J connectivity index is 1.62. The molecule has 128 valence electrons. The van der Waals surface area contributed by atoms with Gasteiger partial charge in [0.15, 0.2) is 0 Å². The fourth-order valence-electron chi connectivity index (χ4n) is 2.46. The molecule has 25 heavy (non-hydrogen) atoms. The molecule has 0 saturated heterocycles. The summed E-state index contributed by atoms with van der Waals surface area (Å²) in [5.74, 6) is -0.328. The second kappa shape index (κ2) is 7.21. The number of halogens is 1. The van der Waals surface area contributed by atoms with Gasteiger partial charge in [0.1, 0.15) is 17.3 Å². The number of nitrogens with zero attached hydrogens (tertiary/aromatic N) is 3. The van der Waals surface area contributed by atoms with Gasteiger partial charge in [0.2, 0.25) is 5.91 Å². The highest BCUT2D eigenvalue weighted by atomic mass is 19.1. The van der Waals surface area contributed by atoms with Crippen molar-refractivity contribution < 1.29 is 14.0 Å². The summed E-state index contributed by atoms with van der Waals surface area (Å²) >= 11 is 0. The molecule has 2 heterocycles. The molecule has 2 amide bonds. The molecule has 1 aliphatic rings. The van der Waals surface area contributed by atoms with Crippen LogP contribution >= 0.6 is 0 Å². The first-order chi connectivity index (χ1) is 12.0. The average Bonchev–Trinajstić information content (AvgIpc) is 2.61. The lowest BCUT2D eigenvalue weighted by Crippen LogP contribution is -2.34. The van der Waals surface area contributed by atoms with E-state index < -0.39 is 0 Å². The standard InChI is InChI=1S/C18H17FN4O2/c1-23-17(24)9-7-15(22-23)18(25)21-16-8-4-13(11-20-16)10-12-2-5-14(19)6-3-12/h2-6,8,11H,7,9-10H2,1H3,(H,20,21,25). The predicted octanol–water partition coefficient (Wildman–Crippen LogP) is 2.36. The molecule has 0 spiro atoms. The Morgan fingerprint density at radius 1 is 1.16 bits per heavy atom. The van der Waals surface area contributed by atoms with Gasteiger partial charge in [0.25, 0.3) is 5.91 Å². The van der Waals surface area contributed by atoms with Crippen molar-refractivity contribution in [2.24, 2.45) is 5.10 Å². The van der Waals surface area contributed by atoms with Crippen LogP contribution in [-0.4, -0.2) is 34.6 Å². The molecular formula is C18H17FN4O2. The van der Waals surface area contributed by atoms with Gasteiger partial charge >= 0.3 is 0 Å². The van der Waals surface area contributed by atoms with E-state index in [-0.39, 0.29) is 24.1 Å². The van der Waals surface area contributed by atoms with Crippen molar-refractivity contribution in [1.82, 2.24) is 9.99 Å². The third-order valence-electron chi connectivity index (χ3n) is 3.86. The number of anilines is 1. The molecule has 6 nitrogen and oxygen atoms in total. The van der Waals surface area contributed by atoms with Gasteiger partial charge in [-0.05, 0) is 35.7 Å². The first-order valence-electron chi connectivity index (χ1n) is 7.86. The summed E-state index contributed by atoms with van der Waals surface area (Å²) in [7, 11) is 1.53. The second-order valence-electron chi connectivity index (χ2n) is 5.77. The van der Waals surface area contributed by atoms with Crippen molar-refractivity contribution in [1.29, 1.82) is 0 Å². The number of hydrazone groups is 1. The van der Waals surface area contributed by atoms with Crippen molar-refractivity contribution in [2.75, 3.05) is 12.4 Å². The minimum absolute atomic E-state index is 0.111. The van der Waals surface area contributed by atoms with Crippen molar-refractivity contribution in [3.63, 3.8) is 0 Å². The number of rotatable bonds is 4. The fraction of sp³-hybridized carbons (Fsp3) is 0.222. The zero-order chi connectivity index (χ0) is 17.8. The predicted molar refractivity (Wildman–Crippen MR) is 91.5 cm³/mol. The van der Waals surface area contributed by atoms with Crippen LogP contribution in [0.1, 0.15) is 24.0 Å². The topological polar surface area (TPSA) is 74.7 Å². The van der Waals surface area contributed by atoms with E-state index in [2.05, 4.69) is 15.4 Å². The Hall–Kier alpha value is -3.09. The maximum absolute atomic E-state index is 12.9. The second-order valence-corrected chi connectivity index (χ2v) is 5.77. The van der Waals surface area contributed by atoms with Crippen LogP contribution in [0.5, 0.6) is 0 Å². The maximum Gasteiger partial charge on any atom is 0.273 e. The van der Waals surface area contributed by atoms with E-state index >= 15 is 0 Å². The largest absolute Gasteiger partial charge is 0.305 e. The Morgan fingerprint density at radius 2 is 1.88 bits per heavy atom. The third-order valence-corrected chi connectivity index (χ3v) is 3.86. The van der Waals surface area contributed by atoms with Gasteiger partial charge in [-0.15, -0.1) is 0 Å². The van der Waals surface area contributed by atoms with Crippen LogP contribution in [0.4, 0.5) is 10.2 Å². The van der Waals surface area contributed by atoms with E-state index in [4.69, 9.17) is 0 Å². The summed E-state index contributed by atoms with van der Waals surface area (Å²) in [4.78, 5) is 27.8. The molecule has 1 aromatic carbocycles. The molecule has 0 aliphatic carbocycles. The molecule has 0 bridgehead atoms. The van der Waals surface area contributed by atoms with E-state index in [9.17, 15) is 14.0 Å². The highest BCUT2D eigenvalue weighted by Gasteiger charge is 2.22. The van der Waals surface area contributed by atoms with Gasteiger partial charge in [0, 0.05) is 26.1 Å². The summed E-state index contributed by atoms with van der Waals surface area (Å²) in [5.41, 5.74) is 2.23. The number of hydrogen-bond donors (Lipinski definition) is 1. The molecule has 0 saturated carbocycles. The minimum Gasteiger partial charge on any atom is -0.305 e. The summed E-state index contributed by atoms with van der Waals surface area (Å²) in [6.45, 7) is 0. The van der Waals surface area contributed by atoms with Crippen LogP contribution < -0.4 is 5.32 Å². The van der Waals surface area contributed by atoms with Gasteiger partial charge < -0.3 is 5.32 Å². The lowest BCUT2D eigenvalue weighted by Gasteiger charge is -2.18. The number of carbonyl (C=O) groups is 2. The van der Waals surface area contributed by atoms with Gasteiger partial charge in [-0.3, -0.25) is 9.59 Å². The van der Waals surface area contributed by atoms with Crippen molar-refractivity contribution in [3.05, 3.63) is 59.5 Å². The molecule has 0 radical (unpaired) electrons. The van der Waals surface area contributed by atoms with Crippen molar-refractivity contribution in [2.45, 2.75) is 19.3 Å². The normalized spacial score (nSPS) is 14.2. The van der Waals surface area contributed by atoms with E-state index in [1.165, 1.54) is 24.2 Å². The Labute approximate surface area is 144 Å². The first kappa shape index (κ1) is 16.8. The SMILES string of the molecule is CN1N=C(C(=O)Nc2ccc(Cc3ccc(F)cc3)cn2)CCC1=O. The van der Waals surface area contributed by atoms with Crippen LogP contribution in [0, 0.1) is 5.82 Å². The number of amides is 2. The number of pyridine rings is 1. The Morgan fingerprint density at radius 3 is 2.52 bits per heavy atom. The van der Waals surface area contributed by atoms with Crippen LogP contribution in [0.2, 0.25) is 0 Å². The summed E-state index contributed by atoms with van der Waals surface area (Å²) in [6.07, 6.45) is 2.88. The number of carbonyl (C=O) groups excluding carboxylic acids is 2. The summed E-state index contributed by atoms with van der Waals surface area (Å²) in [6, 6.07) is 9.85. The van der Waals surface area contributed by atoms with E-state index in [1.807, 2.05) is 6.07 Å². The van der Waals surface area contributed by atoms with Crippen LogP contribution in [0.15, 0.2) is 47.7 Å². The lowest BCUT2D eigenvalue weighted by atomic mass is 10.1. The van der Waals surface area contributed by atoms with Crippen LogP contribution in [-0.2, 0) is 16.0 Å². The quantitative estimate of drug-likeness (QED) is 0.928. The van der Waals surface area contributed by atoms with Crippen molar-refractivity contribution >= 4 is 23.3 Å². The summed E-state index contributed by atoms with van der Waals surface area (Å²) in [5, 5.41) is 7.83. The lowest BCUT2D eigenvalue weighted by molar-refractivity contribution is -0.130. The zero-order valence-corrected chi connectivity index (χ0v) is 13.7. The van der Waals surface area contributed by atoms with Gasteiger partial charge in [0.05, 0.1) is 0 Å². The monoisotopic (exact) mass is 340 g/mol. The molecule has 0 fully saturated rings. The van der Waals surface area contributed by atoms with Crippen molar-refractivity contribution in [3.8, 4) is 0 Å². The highest BCUT2D eigenvalue weighted by molar-refractivity contribution is 6.43. The average molecular weight is 340 g/mol. The number of nitrogens with one attached hydrogen (secondary N) is 1. The smallest absolute Gasteiger partial charge is 0.273 e. The third kappa shape index (κ3) is 4.26. The van der Waals surface area contributed by atoms with E-state index in [1.54, 1.807) is 24.4 Å². The molecule has 0 atom stereocenters. The molecule has 0 unspecified atom stereocenters. The molecular weight excluding hydrogens is 323 g/mol. The molecule has 3 rings (SSSR count). The molecule has 2 aromatic rings.